The maximum Gasteiger partial charge on any atom is 0.145 e. The predicted octanol–water partition coefficient (Wildman–Crippen LogP) is 12.1. The summed E-state index contributed by atoms with van der Waals surface area (Å²) in [6.07, 6.45) is 0. The SMILES string of the molecule is CC1(C)c2ccccc2-c2cc(-n3c4ccccc4c4c5oc6c(ccc7c6c6ccccc6n7-c6ccccc6)c5ccc43)ccc21. The molecule has 226 valence electrons. The van der Waals surface area contributed by atoms with Gasteiger partial charge in [-0.15, -0.1) is 0 Å². The van der Waals surface area contributed by atoms with E-state index in [-0.39, 0.29) is 5.41 Å². The fraction of sp³-hybridized carbons (Fsp3) is 0.0667. The molecule has 3 heteroatoms. The van der Waals surface area contributed by atoms with Crippen LogP contribution in [-0.4, -0.2) is 9.13 Å². The molecule has 7 aromatic carbocycles. The van der Waals surface area contributed by atoms with E-state index >= 15 is 0 Å². The molecule has 1 aliphatic carbocycles. The van der Waals surface area contributed by atoms with Crippen LogP contribution in [0.25, 0.3) is 88.1 Å². The van der Waals surface area contributed by atoms with Crippen LogP contribution >= 0.6 is 0 Å². The van der Waals surface area contributed by atoms with E-state index in [2.05, 4.69) is 169 Å². The van der Waals surface area contributed by atoms with Gasteiger partial charge in [-0.2, -0.15) is 0 Å². The Hall–Kier alpha value is -6.06. The van der Waals surface area contributed by atoms with Gasteiger partial charge in [0, 0.05) is 38.3 Å². The first kappa shape index (κ1) is 26.1. The van der Waals surface area contributed by atoms with Crippen LogP contribution < -0.4 is 0 Å². The van der Waals surface area contributed by atoms with Crippen LogP contribution in [0.3, 0.4) is 0 Å². The summed E-state index contributed by atoms with van der Waals surface area (Å²) in [5, 5.41) is 6.98. The van der Waals surface area contributed by atoms with E-state index in [1.165, 1.54) is 44.1 Å². The molecule has 3 nitrogen and oxygen atoms in total. The van der Waals surface area contributed by atoms with Crippen LogP contribution in [0.15, 0.2) is 150 Å². The third kappa shape index (κ3) is 3.18. The second-order valence-corrected chi connectivity index (χ2v) is 13.7. The quantitative estimate of drug-likeness (QED) is 0.190. The van der Waals surface area contributed by atoms with Gasteiger partial charge >= 0.3 is 0 Å². The number of hydrogen-bond donors (Lipinski definition) is 0. The van der Waals surface area contributed by atoms with E-state index in [9.17, 15) is 0 Å². The third-order valence-corrected chi connectivity index (χ3v) is 10.9. The minimum atomic E-state index is -0.0271. The van der Waals surface area contributed by atoms with Gasteiger partial charge in [-0.3, -0.25) is 0 Å². The largest absolute Gasteiger partial charge is 0.455 e. The van der Waals surface area contributed by atoms with Crippen molar-refractivity contribution >= 4 is 65.6 Å². The zero-order valence-electron chi connectivity index (χ0n) is 26.7. The maximum absolute atomic E-state index is 7.11. The first-order chi connectivity index (χ1) is 23.6. The standard InChI is InChI=1S/C45H30N2O/c1-45(2)35-17-9-6-14-29(35)34-26-28(20-23-36(34)45)47-38-19-11-8-16-33(38)42-40(47)25-22-31-30-21-24-39-41(43(30)48-44(31)42)32-15-7-10-18-37(32)46(39)27-12-4-3-5-13-27/h3-26H,1-2H3. The van der Waals surface area contributed by atoms with Gasteiger partial charge in [0.25, 0.3) is 0 Å². The first-order valence-corrected chi connectivity index (χ1v) is 16.7. The predicted molar refractivity (Wildman–Crippen MR) is 200 cm³/mol. The molecule has 48 heavy (non-hydrogen) atoms. The van der Waals surface area contributed by atoms with Crippen molar-refractivity contribution in [2.75, 3.05) is 0 Å². The summed E-state index contributed by atoms with van der Waals surface area (Å²) in [5.41, 5.74) is 14.2. The molecule has 0 amide bonds. The molecule has 0 bridgehead atoms. The third-order valence-electron chi connectivity index (χ3n) is 10.9. The lowest BCUT2D eigenvalue weighted by atomic mass is 9.82. The Bertz CT molecular complexity index is 2970. The monoisotopic (exact) mass is 614 g/mol. The highest BCUT2D eigenvalue weighted by atomic mass is 16.3. The summed E-state index contributed by atoms with van der Waals surface area (Å²) in [4.78, 5) is 0. The Morgan fingerprint density at radius 2 is 0.958 bits per heavy atom. The molecule has 0 saturated heterocycles. The van der Waals surface area contributed by atoms with Crippen LogP contribution in [-0.2, 0) is 5.41 Å². The lowest BCUT2D eigenvalue weighted by Gasteiger charge is -2.21. The van der Waals surface area contributed by atoms with Crippen LogP contribution in [0, 0.1) is 0 Å². The molecular formula is C45H30N2O. The normalized spacial score (nSPS) is 13.8. The Labute approximate surface area is 276 Å². The first-order valence-electron chi connectivity index (χ1n) is 16.7. The summed E-state index contributed by atoms with van der Waals surface area (Å²) in [5.74, 6) is 0. The molecular weight excluding hydrogens is 585 g/mol. The van der Waals surface area contributed by atoms with Crippen LogP contribution in [0.1, 0.15) is 25.0 Å². The van der Waals surface area contributed by atoms with Crippen molar-refractivity contribution in [3.05, 3.63) is 157 Å². The Kier molecular flexibility index (Phi) is 4.91. The van der Waals surface area contributed by atoms with Gasteiger partial charge in [0.15, 0.2) is 0 Å². The van der Waals surface area contributed by atoms with Crippen molar-refractivity contribution in [1.82, 2.24) is 9.13 Å². The summed E-state index contributed by atoms with van der Waals surface area (Å²) < 4.78 is 11.9. The van der Waals surface area contributed by atoms with E-state index in [1.807, 2.05) is 0 Å². The van der Waals surface area contributed by atoms with Gasteiger partial charge in [-0.1, -0.05) is 98.8 Å². The minimum absolute atomic E-state index is 0.0271. The number of benzene rings is 7. The fourth-order valence-corrected chi connectivity index (χ4v) is 8.78. The average molecular weight is 615 g/mol. The van der Waals surface area contributed by atoms with Gasteiger partial charge in [-0.25, -0.2) is 0 Å². The van der Waals surface area contributed by atoms with Crippen molar-refractivity contribution < 1.29 is 4.42 Å². The molecule has 0 unspecified atom stereocenters. The van der Waals surface area contributed by atoms with Crippen LogP contribution in [0.2, 0.25) is 0 Å². The molecule has 11 rings (SSSR count). The number of para-hydroxylation sites is 3. The molecule has 0 aliphatic heterocycles. The minimum Gasteiger partial charge on any atom is -0.455 e. The van der Waals surface area contributed by atoms with E-state index in [0.29, 0.717) is 0 Å². The Balaban J connectivity index is 1.23. The van der Waals surface area contributed by atoms with Gasteiger partial charge in [0.1, 0.15) is 11.2 Å². The zero-order chi connectivity index (χ0) is 31.7. The average Bonchev–Trinajstić information content (AvgIpc) is 3.84. The van der Waals surface area contributed by atoms with Gasteiger partial charge in [-0.05, 0) is 82.9 Å². The van der Waals surface area contributed by atoms with Crippen molar-refractivity contribution in [2.24, 2.45) is 0 Å². The molecule has 1 aliphatic rings. The topological polar surface area (TPSA) is 23.0 Å². The maximum atomic E-state index is 7.11. The molecule has 0 N–H and O–H groups in total. The van der Waals surface area contributed by atoms with Crippen molar-refractivity contribution in [3.63, 3.8) is 0 Å². The summed E-state index contributed by atoms with van der Waals surface area (Å²) >= 11 is 0. The molecule has 3 aromatic heterocycles. The number of rotatable bonds is 2. The van der Waals surface area contributed by atoms with Crippen LogP contribution in [0.4, 0.5) is 0 Å². The lowest BCUT2D eigenvalue weighted by molar-refractivity contribution is 0.660. The number of fused-ring (bicyclic) bond motifs is 14. The molecule has 3 heterocycles. The van der Waals surface area contributed by atoms with Gasteiger partial charge in [0.2, 0.25) is 0 Å². The molecule has 0 spiro atoms. The second kappa shape index (κ2) is 9.05. The zero-order valence-corrected chi connectivity index (χ0v) is 26.7. The number of nitrogens with zero attached hydrogens (tertiary/aromatic N) is 2. The highest BCUT2D eigenvalue weighted by Crippen LogP contribution is 2.50. The van der Waals surface area contributed by atoms with E-state index in [4.69, 9.17) is 4.42 Å². The summed E-state index contributed by atoms with van der Waals surface area (Å²) in [7, 11) is 0. The Morgan fingerprint density at radius 3 is 1.62 bits per heavy atom. The number of aromatic nitrogens is 2. The summed E-state index contributed by atoms with van der Waals surface area (Å²) in [6.45, 7) is 4.68. The van der Waals surface area contributed by atoms with Gasteiger partial charge < -0.3 is 13.6 Å². The van der Waals surface area contributed by atoms with E-state index in [0.717, 1.165) is 55.1 Å². The molecule has 10 aromatic rings. The van der Waals surface area contributed by atoms with Crippen molar-refractivity contribution in [2.45, 2.75) is 19.3 Å². The summed E-state index contributed by atoms with van der Waals surface area (Å²) in [6, 6.07) is 53.0. The fourth-order valence-electron chi connectivity index (χ4n) is 8.78. The highest BCUT2D eigenvalue weighted by molar-refractivity contribution is 6.29. The van der Waals surface area contributed by atoms with Crippen LogP contribution in [0.5, 0.6) is 0 Å². The van der Waals surface area contributed by atoms with Crippen molar-refractivity contribution in [1.29, 1.82) is 0 Å². The second-order valence-electron chi connectivity index (χ2n) is 13.7. The smallest absolute Gasteiger partial charge is 0.145 e. The van der Waals surface area contributed by atoms with E-state index in [1.54, 1.807) is 0 Å². The molecule has 0 saturated carbocycles. The molecule has 0 radical (unpaired) electrons. The number of furan rings is 1. The van der Waals surface area contributed by atoms with Gasteiger partial charge in [0.05, 0.1) is 32.8 Å². The van der Waals surface area contributed by atoms with Crippen molar-refractivity contribution in [3.8, 4) is 22.5 Å². The highest BCUT2D eigenvalue weighted by Gasteiger charge is 2.35. The van der Waals surface area contributed by atoms with E-state index < -0.39 is 0 Å². The Morgan fingerprint density at radius 1 is 0.417 bits per heavy atom. The number of hydrogen-bond acceptors (Lipinski definition) is 1. The molecule has 0 fully saturated rings. The lowest BCUT2D eigenvalue weighted by Crippen LogP contribution is -2.14. The molecule has 0 atom stereocenters.